The van der Waals surface area contributed by atoms with Crippen molar-refractivity contribution in [3.8, 4) is 5.75 Å². The fraction of sp³-hybridized carbons (Fsp3) is 0.261. The predicted molar refractivity (Wildman–Crippen MR) is 107 cm³/mol. The van der Waals surface area contributed by atoms with Gasteiger partial charge in [-0.25, -0.2) is 0 Å². The highest BCUT2D eigenvalue weighted by Gasteiger charge is 2.10. The Balaban J connectivity index is 1.62. The van der Waals surface area contributed by atoms with Gasteiger partial charge in [-0.2, -0.15) is 0 Å². The highest BCUT2D eigenvalue weighted by molar-refractivity contribution is 6.06. The van der Waals surface area contributed by atoms with Crippen molar-refractivity contribution in [1.29, 1.82) is 0 Å². The van der Waals surface area contributed by atoms with Crippen LogP contribution in [0.1, 0.15) is 41.3 Å². The van der Waals surface area contributed by atoms with E-state index in [0.29, 0.717) is 24.6 Å². The number of fused-ring (bicyclic) bond motifs is 1. The molecule has 3 heteroatoms. The summed E-state index contributed by atoms with van der Waals surface area (Å²) in [7, 11) is 0. The largest absolute Gasteiger partial charge is 0.491 e. The molecule has 0 saturated heterocycles. The number of hydrogen-bond acceptors (Lipinski definition) is 2. The molecule has 0 aromatic heterocycles. The number of benzene rings is 3. The normalized spacial score (nSPS) is 10.9. The molecule has 0 bridgehead atoms. The van der Waals surface area contributed by atoms with Crippen LogP contribution < -0.4 is 10.1 Å². The SMILES string of the molecule is Cc1ccc(C(C)C)c(OCCNC(=O)c2cccc3ccccc23)c1. The van der Waals surface area contributed by atoms with Crippen molar-refractivity contribution >= 4 is 16.7 Å². The molecule has 26 heavy (non-hydrogen) atoms. The molecular weight excluding hydrogens is 322 g/mol. The van der Waals surface area contributed by atoms with Crippen LogP contribution in [0.4, 0.5) is 0 Å². The molecule has 0 spiro atoms. The molecule has 0 aliphatic rings. The molecule has 0 aliphatic heterocycles. The number of aryl methyl sites for hydroxylation is 1. The molecule has 0 unspecified atom stereocenters. The molecule has 0 heterocycles. The van der Waals surface area contributed by atoms with Gasteiger partial charge in [0.15, 0.2) is 0 Å². The Labute approximate surface area is 155 Å². The Morgan fingerprint density at radius 2 is 1.81 bits per heavy atom. The number of hydrogen-bond donors (Lipinski definition) is 1. The van der Waals surface area contributed by atoms with E-state index in [1.165, 1.54) is 11.1 Å². The van der Waals surface area contributed by atoms with Crippen molar-refractivity contribution in [3.63, 3.8) is 0 Å². The van der Waals surface area contributed by atoms with Gasteiger partial charge in [0.25, 0.3) is 5.91 Å². The second kappa shape index (κ2) is 8.05. The zero-order valence-electron chi connectivity index (χ0n) is 15.6. The topological polar surface area (TPSA) is 38.3 Å². The standard InChI is InChI=1S/C23H25NO2/c1-16(2)19-12-11-17(3)15-22(19)26-14-13-24-23(25)21-10-6-8-18-7-4-5-9-20(18)21/h4-12,15-16H,13-14H2,1-3H3,(H,24,25). The molecule has 0 atom stereocenters. The van der Waals surface area contributed by atoms with Gasteiger partial charge in [0.1, 0.15) is 12.4 Å². The van der Waals surface area contributed by atoms with Crippen LogP contribution in [0.5, 0.6) is 5.75 Å². The maximum Gasteiger partial charge on any atom is 0.252 e. The minimum absolute atomic E-state index is 0.0706. The summed E-state index contributed by atoms with van der Waals surface area (Å²) in [5.41, 5.74) is 3.06. The molecule has 3 rings (SSSR count). The third kappa shape index (κ3) is 4.05. The molecule has 134 valence electrons. The average molecular weight is 347 g/mol. The fourth-order valence-corrected chi connectivity index (χ4v) is 3.09. The molecule has 3 nitrogen and oxygen atoms in total. The van der Waals surface area contributed by atoms with Gasteiger partial charge in [-0.1, -0.05) is 62.4 Å². The van der Waals surface area contributed by atoms with E-state index in [1.807, 2.05) is 42.5 Å². The molecule has 0 fully saturated rings. The molecule has 0 saturated carbocycles. The van der Waals surface area contributed by atoms with Gasteiger partial charge >= 0.3 is 0 Å². The van der Waals surface area contributed by atoms with Crippen LogP contribution in [-0.4, -0.2) is 19.1 Å². The van der Waals surface area contributed by atoms with E-state index in [9.17, 15) is 4.79 Å². The Bertz CT molecular complexity index is 910. The first-order valence-electron chi connectivity index (χ1n) is 9.05. The summed E-state index contributed by atoms with van der Waals surface area (Å²) in [6.45, 7) is 7.27. The summed E-state index contributed by atoms with van der Waals surface area (Å²) < 4.78 is 5.94. The van der Waals surface area contributed by atoms with Crippen molar-refractivity contribution in [2.45, 2.75) is 26.7 Å². The Morgan fingerprint density at radius 1 is 1.04 bits per heavy atom. The summed E-state index contributed by atoms with van der Waals surface area (Å²) in [5, 5.41) is 4.99. The summed E-state index contributed by atoms with van der Waals surface area (Å²) in [4.78, 5) is 12.5. The lowest BCUT2D eigenvalue weighted by Crippen LogP contribution is -2.28. The molecule has 1 amide bonds. The third-order valence-electron chi connectivity index (χ3n) is 4.47. The monoisotopic (exact) mass is 347 g/mol. The van der Waals surface area contributed by atoms with E-state index in [-0.39, 0.29) is 5.91 Å². The minimum atomic E-state index is -0.0706. The number of carbonyl (C=O) groups excluding carboxylic acids is 1. The number of rotatable bonds is 6. The Hall–Kier alpha value is -2.81. The van der Waals surface area contributed by atoms with Gasteiger partial charge in [-0.3, -0.25) is 4.79 Å². The molecular formula is C23H25NO2. The van der Waals surface area contributed by atoms with Crippen molar-refractivity contribution in [3.05, 3.63) is 77.4 Å². The first-order chi connectivity index (χ1) is 12.6. The first kappa shape index (κ1) is 18.0. The molecule has 3 aromatic carbocycles. The zero-order chi connectivity index (χ0) is 18.5. The Morgan fingerprint density at radius 3 is 2.62 bits per heavy atom. The van der Waals surface area contributed by atoms with Crippen molar-refractivity contribution in [2.75, 3.05) is 13.2 Å². The smallest absolute Gasteiger partial charge is 0.252 e. The number of amides is 1. The number of carbonyl (C=O) groups is 1. The summed E-state index contributed by atoms with van der Waals surface area (Å²) >= 11 is 0. The predicted octanol–water partition coefficient (Wildman–Crippen LogP) is 5.08. The summed E-state index contributed by atoms with van der Waals surface area (Å²) in [5.74, 6) is 1.23. The lowest BCUT2D eigenvalue weighted by molar-refractivity contribution is 0.0948. The van der Waals surface area contributed by atoms with Crippen LogP contribution in [0.2, 0.25) is 0 Å². The van der Waals surface area contributed by atoms with Gasteiger partial charge in [0.2, 0.25) is 0 Å². The van der Waals surface area contributed by atoms with Crippen LogP contribution in [0.15, 0.2) is 60.7 Å². The van der Waals surface area contributed by atoms with Gasteiger partial charge in [0.05, 0.1) is 6.54 Å². The van der Waals surface area contributed by atoms with Gasteiger partial charge in [0, 0.05) is 5.56 Å². The van der Waals surface area contributed by atoms with Crippen molar-refractivity contribution < 1.29 is 9.53 Å². The third-order valence-corrected chi connectivity index (χ3v) is 4.47. The second-order valence-corrected chi connectivity index (χ2v) is 6.83. The highest BCUT2D eigenvalue weighted by Crippen LogP contribution is 2.27. The summed E-state index contributed by atoms with van der Waals surface area (Å²) in [6, 6.07) is 20.0. The lowest BCUT2D eigenvalue weighted by Gasteiger charge is -2.15. The zero-order valence-corrected chi connectivity index (χ0v) is 15.6. The summed E-state index contributed by atoms with van der Waals surface area (Å²) in [6.07, 6.45) is 0. The van der Waals surface area contributed by atoms with Crippen LogP contribution in [0.3, 0.4) is 0 Å². The first-order valence-corrected chi connectivity index (χ1v) is 9.05. The fourth-order valence-electron chi connectivity index (χ4n) is 3.09. The van der Waals surface area contributed by atoms with E-state index < -0.39 is 0 Å². The second-order valence-electron chi connectivity index (χ2n) is 6.83. The Kier molecular flexibility index (Phi) is 5.57. The van der Waals surface area contributed by atoms with E-state index in [4.69, 9.17) is 4.74 Å². The van der Waals surface area contributed by atoms with E-state index in [1.54, 1.807) is 0 Å². The van der Waals surface area contributed by atoms with E-state index in [2.05, 4.69) is 44.3 Å². The van der Waals surface area contributed by atoms with Gasteiger partial charge < -0.3 is 10.1 Å². The van der Waals surface area contributed by atoms with E-state index in [0.717, 1.165) is 16.5 Å². The van der Waals surface area contributed by atoms with Gasteiger partial charge in [-0.05, 0) is 46.9 Å². The van der Waals surface area contributed by atoms with Crippen LogP contribution in [0.25, 0.3) is 10.8 Å². The minimum Gasteiger partial charge on any atom is -0.491 e. The molecule has 0 radical (unpaired) electrons. The molecule has 3 aromatic rings. The molecule has 0 aliphatic carbocycles. The van der Waals surface area contributed by atoms with Crippen LogP contribution in [-0.2, 0) is 0 Å². The van der Waals surface area contributed by atoms with Crippen molar-refractivity contribution in [2.24, 2.45) is 0 Å². The van der Waals surface area contributed by atoms with Crippen molar-refractivity contribution in [1.82, 2.24) is 5.32 Å². The molecule has 1 N–H and O–H groups in total. The van der Waals surface area contributed by atoms with Crippen LogP contribution in [0, 0.1) is 6.92 Å². The van der Waals surface area contributed by atoms with Gasteiger partial charge in [-0.15, -0.1) is 0 Å². The number of nitrogens with one attached hydrogen (secondary N) is 1. The number of ether oxygens (including phenoxy) is 1. The average Bonchev–Trinajstić information content (AvgIpc) is 2.64. The maximum atomic E-state index is 12.5. The quantitative estimate of drug-likeness (QED) is 0.632. The highest BCUT2D eigenvalue weighted by atomic mass is 16.5. The van der Waals surface area contributed by atoms with E-state index >= 15 is 0 Å². The maximum absolute atomic E-state index is 12.5. The van der Waals surface area contributed by atoms with Crippen LogP contribution >= 0.6 is 0 Å². The lowest BCUT2D eigenvalue weighted by atomic mass is 10.0.